The van der Waals surface area contributed by atoms with Crippen molar-refractivity contribution in [2.45, 2.75) is 32.7 Å². The molecule has 4 nitrogen and oxygen atoms in total. The molecule has 0 atom stereocenters. The lowest BCUT2D eigenvalue weighted by Crippen LogP contribution is -2.28. The molecule has 0 bridgehead atoms. The predicted octanol–water partition coefficient (Wildman–Crippen LogP) is 4.45. The van der Waals surface area contributed by atoms with E-state index in [1.54, 1.807) is 0 Å². The maximum Gasteiger partial charge on any atom is 0.258 e. The molecule has 3 aromatic rings. The van der Waals surface area contributed by atoms with E-state index in [0.717, 1.165) is 35.2 Å². The molecule has 3 aromatic carbocycles. The first-order valence-electron chi connectivity index (χ1n) is 10.4. The Labute approximate surface area is 177 Å². The Balaban J connectivity index is 1.35. The van der Waals surface area contributed by atoms with Gasteiger partial charge in [-0.25, -0.2) is 0 Å². The van der Waals surface area contributed by atoms with Crippen LogP contribution in [0.15, 0.2) is 72.8 Å². The molecule has 0 fully saturated rings. The number of carbonyl (C=O) groups excluding carboxylic acids is 2. The molecule has 0 spiro atoms. The summed E-state index contributed by atoms with van der Waals surface area (Å²) in [6, 6.07) is 23.8. The van der Waals surface area contributed by atoms with Crippen LogP contribution in [0.4, 0.5) is 5.69 Å². The molecule has 0 unspecified atom stereocenters. The maximum absolute atomic E-state index is 12.9. The minimum Gasteiger partial charge on any atom is -0.352 e. The van der Waals surface area contributed by atoms with Gasteiger partial charge in [0.1, 0.15) is 0 Å². The van der Waals surface area contributed by atoms with Crippen molar-refractivity contribution in [3.05, 3.63) is 101 Å². The molecular weight excluding hydrogens is 372 g/mol. The fraction of sp³-hybridized carbons (Fsp3) is 0.231. The van der Waals surface area contributed by atoms with Gasteiger partial charge < -0.3 is 10.2 Å². The third-order valence-corrected chi connectivity index (χ3v) is 5.56. The molecule has 1 N–H and O–H groups in total. The molecule has 0 radical (unpaired) electrons. The summed E-state index contributed by atoms with van der Waals surface area (Å²) >= 11 is 0. The molecule has 0 saturated heterocycles. The van der Waals surface area contributed by atoms with Gasteiger partial charge in [-0.1, -0.05) is 60.2 Å². The van der Waals surface area contributed by atoms with Gasteiger partial charge in [0.15, 0.2) is 0 Å². The standard InChI is InChI=1S/C26H26N2O2/c1-19-7-11-22(12-8-19)26(30)28-16-15-23-17-21(9-13-24(23)28)18-27-25(29)14-10-20-5-3-2-4-6-20/h2-9,11-13,17H,10,14-16,18H2,1H3,(H,27,29). The number of hydrogen-bond acceptors (Lipinski definition) is 2. The molecule has 4 rings (SSSR count). The van der Waals surface area contributed by atoms with Gasteiger partial charge in [-0.3, -0.25) is 9.59 Å². The summed E-state index contributed by atoms with van der Waals surface area (Å²) in [6.45, 7) is 3.21. The zero-order chi connectivity index (χ0) is 20.9. The highest BCUT2D eigenvalue weighted by molar-refractivity contribution is 6.07. The second-order valence-corrected chi connectivity index (χ2v) is 7.80. The number of rotatable bonds is 6. The second kappa shape index (κ2) is 8.95. The molecule has 30 heavy (non-hydrogen) atoms. The van der Waals surface area contributed by atoms with E-state index in [9.17, 15) is 9.59 Å². The summed E-state index contributed by atoms with van der Waals surface area (Å²) in [6.07, 6.45) is 2.06. The van der Waals surface area contributed by atoms with E-state index >= 15 is 0 Å². The van der Waals surface area contributed by atoms with Crippen LogP contribution < -0.4 is 10.2 Å². The van der Waals surface area contributed by atoms with Gasteiger partial charge in [-0.05, 0) is 54.7 Å². The molecule has 2 amide bonds. The zero-order valence-electron chi connectivity index (χ0n) is 17.2. The number of nitrogens with zero attached hydrogens (tertiary/aromatic N) is 1. The smallest absolute Gasteiger partial charge is 0.258 e. The summed E-state index contributed by atoms with van der Waals surface area (Å²) in [5, 5.41) is 3.01. The molecule has 0 aromatic heterocycles. The SMILES string of the molecule is Cc1ccc(C(=O)N2CCc3cc(CNC(=O)CCc4ccccc4)ccc32)cc1. The number of anilines is 1. The Morgan fingerprint density at radius 2 is 1.70 bits per heavy atom. The summed E-state index contributed by atoms with van der Waals surface area (Å²) in [5.74, 6) is 0.0891. The summed E-state index contributed by atoms with van der Waals surface area (Å²) in [4.78, 5) is 26.9. The first kappa shape index (κ1) is 19.9. The van der Waals surface area contributed by atoms with E-state index in [0.29, 0.717) is 25.1 Å². The van der Waals surface area contributed by atoms with Gasteiger partial charge in [-0.2, -0.15) is 0 Å². The quantitative estimate of drug-likeness (QED) is 0.667. The molecule has 0 aliphatic carbocycles. The van der Waals surface area contributed by atoms with Crippen molar-refractivity contribution >= 4 is 17.5 Å². The maximum atomic E-state index is 12.9. The van der Waals surface area contributed by atoms with Crippen LogP contribution >= 0.6 is 0 Å². The van der Waals surface area contributed by atoms with Crippen LogP contribution in [0, 0.1) is 6.92 Å². The number of amides is 2. The minimum atomic E-state index is 0.0377. The number of benzene rings is 3. The lowest BCUT2D eigenvalue weighted by Gasteiger charge is -2.18. The van der Waals surface area contributed by atoms with E-state index in [1.165, 1.54) is 5.56 Å². The van der Waals surface area contributed by atoms with Crippen molar-refractivity contribution in [3.63, 3.8) is 0 Å². The normalized spacial score (nSPS) is 12.5. The van der Waals surface area contributed by atoms with Crippen LogP contribution in [0.1, 0.15) is 39.0 Å². The molecule has 4 heteroatoms. The Morgan fingerprint density at radius 3 is 2.47 bits per heavy atom. The highest BCUT2D eigenvalue weighted by atomic mass is 16.2. The Morgan fingerprint density at radius 1 is 0.933 bits per heavy atom. The van der Waals surface area contributed by atoms with Crippen molar-refractivity contribution in [2.75, 3.05) is 11.4 Å². The van der Waals surface area contributed by atoms with Crippen LogP contribution in [0.5, 0.6) is 0 Å². The number of fused-ring (bicyclic) bond motifs is 1. The van der Waals surface area contributed by atoms with Crippen molar-refractivity contribution in [2.24, 2.45) is 0 Å². The van der Waals surface area contributed by atoms with Gasteiger partial charge in [0.2, 0.25) is 5.91 Å². The highest BCUT2D eigenvalue weighted by Crippen LogP contribution is 2.30. The highest BCUT2D eigenvalue weighted by Gasteiger charge is 2.25. The molecule has 1 aliphatic heterocycles. The lowest BCUT2D eigenvalue weighted by atomic mass is 10.1. The van der Waals surface area contributed by atoms with Crippen LogP contribution in [-0.2, 0) is 24.2 Å². The number of hydrogen-bond donors (Lipinski definition) is 1. The molecular formula is C26H26N2O2. The Bertz CT molecular complexity index is 1040. The van der Waals surface area contributed by atoms with Crippen molar-refractivity contribution in [3.8, 4) is 0 Å². The van der Waals surface area contributed by atoms with Crippen LogP contribution in [0.2, 0.25) is 0 Å². The Hall–Kier alpha value is -3.40. The minimum absolute atomic E-state index is 0.0377. The molecule has 152 valence electrons. The van der Waals surface area contributed by atoms with E-state index < -0.39 is 0 Å². The van der Waals surface area contributed by atoms with Gasteiger partial charge in [0.05, 0.1) is 0 Å². The number of aryl methyl sites for hydroxylation is 2. The zero-order valence-corrected chi connectivity index (χ0v) is 17.2. The van der Waals surface area contributed by atoms with Gasteiger partial charge >= 0.3 is 0 Å². The van der Waals surface area contributed by atoms with E-state index in [2.05, 4.69) is 11.4 Å². The van der Waals surface area contributed by atoms with E-state index in [-0.39, 0.29) is 11.8 Å². The first-order chi connectivity index (χ1) is 14.6. The topological polar surface area (TPSA) is 49.4 Å². The second-order valence-electron chi connectivity index (χ2n) is 7.80. The summed E-state index contributed by atoms with van der Waals surface area (Å²) < 4.78 is 0. The predicted molar refractivity (Wildman–Crippen MR) is 120 cm³/mol. The first-order valence-corrected chi connectivity index (χ1v) is 10.4. The summed E-state index contributed by atoms with van der Waals surface area (Å²) in [5.41, 5.74) is 6.22. The third-order valence-electron chi connectivity index (χ3n) is 5.56. The molecule has 0 saturated carbocycles. The average Bonchev–Trinajstić information content (AvgIpc) is 3.20. The van der Waals surface area contributed by atoms with Crippen LogP contribution in [0.3, 0.4) is 0 Å². The van der Waals surface area contributed by atoms with Crippen molar-refractivity contribution in [1.82, 2.24) is 5.32 Å². The fourth-order valence-corrected chi connectivity index (χ4v) is 3.82. The van der Waals surface area contributed by atoms with E-state index in [4.69, 9.17) is 0 Å². The van der Waals surface area contributed by atoms with Crippen LogP contribution in [-0.4, -0.2) is 18.4 Å². The van der Waals surface area contributed by atoms with Crippen molar-refractivity contribution in [1.29, 1.82) is 0 Å². The lowest BCUT2D eigenvalue weighted by molar-refractivity contribution is -0.121. The van der Waals surface area contributed by atoms with Crippen LogP contribution in [0.25, 0.3) is 0 Å². The van der Waals surface area contributed by atoms with E-state index in [1.807, 2.05) is 78.6 Å². The molecule has 1 heterocycles. The summed E-state index contributed by atoms with van der Waals surface area (Å²) in [7, 11) is 0. The fourth-order valence-electron chi connectivity index (χ4n) is 3.82. The monoisotopic (exact) mass is 398 g/mol. The van der Waals surface area contributed by atoms with Gasteiger partial charge in [0.25, 0.3) is 5.91 Å². The number of nitrogens with one attached hydrogen (secondary N) is 1. The van der Waals surface area contributed by atoms with Gasteiger partial charge in [0, 0.05) is 30.8 Å². The van der Waals surface area contributed by atoms with Crippen molar-refractivity contribution < 1.29 is 9.59 Å². The Kier molecular flexibility index (Phi) is 5.94. The number of carbonyl (C=O) groups is 2. The average molecular weight is 399 g/mol. The molecule has 1 aliphatic rings. The van der Waals surface area contributed by atoms with Gasteiger partial charge in [-0.15, -0.1) is 0 Å². The third kappa shape index (κ3) is 4.60. The largest absolute Gasteiger partial charge is 0.352 e.